The van der Waals surface area contributed by atoms with Gasteiger partial charge in [0.15, 0.2) is 0 Å². The number of hydrogen-bond donors (Lipinski definition) is 3. The van der Waals surface area contributed by atoms with Gasteiger partial charge in [-0.05, 0) is 55.2 Å². The summed E-state index contributed by atoms with van der Waals surface area (Å²) in [6, 6.07) is 14.5. The van der Waals surface area contributed by atoms with E-state index in [0.29, 0.717) is 17.3 Å². The van der Waals surface area contributed by atoms with E-state index in [1.807, 2.05) is 43.3 Å². The van der Waals surface area contributed by atoms with Gasteiger partial charge in [-0.15, -0.1) is 0 Å². The summed E-state index contributed by atoms with van der Waals surface area (Å²) >= 11 is 5.85. The molecule has 0 aromatic heterocycles. The highest BCUT2D eigenvalue weighted by molar-refractivity contribution is 6.30. The molecule has 1 saturated carbocycles. The monoisotopic (exact) mass is 385 g/mol. The Balaban J connectivity index is 1.47. The normalized spacial score (nSPS) is 14.7. The number of nitrogens with one attached hydrogen (secondary N) is 3. The highest BCUT2D eigenvalue weighted by atomic mass is 35.5. The van der Waals surface area contributed by atoms with Gasteiger partial charge in [0.2, 0.25) is 5.91 Å². The zero-order chi connectivity index (χ0) is 19.2. The summed E-state index contributed by atoms with van der Waals surface area (Å²) in [5.74, 6) is 0.315. The minimum Gasteiger partial charge on any atom is -0.349 e. The van der Waals surface area contributed by atoms with Gasteiger partial charge in [-0.1, -0.05) is 42.3 Å². The molecule has 3 rings (SSSR count). The van der Waals surface area contributed by atoms with E-state index in [-0.39, 0.29) is 23.9 Å². The first kappa shape index (κ1) is 19.2. The molecule has 0 spiro atoms. The van der Waals surface area contributed by atoms with E-state index in [4.69, 9.17) is 11.6 Å². The van der Waals surface area contributed by atoms with Crippen LogP contribution in [-0.2, 0) is 11.3 Å². The van der Waals surface area contributed by atoms with E-state index in [2.05, 4.69) is 16.0 Å². The first-order chi connectivity index (χ1) is 13.0. The lowest BCUT2D eigenvalue weighted by atomic mass is 9.84. The van der Waals surface area contributed by atoms with Crippen LogP contribution in [-0.4, -0.2) is 11.9 Å². The van der Waals surface area contributed by atoms with Gasteiger partial charge in [0.05, 0.1) is 6.04 Å². The second-order valence-corrected chi connectivity index (χ2v) is 7.35. The molecule has 0 radical (unpaired) electrons. The van der Waals surface area contributed by atoms with E-state index in [1.54, 1.807) is 12.1 Å². The summed E-state index contributed by atoms with van der Waals surface area (Å²) in [5, 5.41) is 9.33. The average Bonchev–Trinajstić information content (AvgIpc) is 2.60. The van der Waals surface area contributed by atoms with Gasteiger partial charge in [0.25, 0.3) is 0 Å². The van der Waals surface area contributed by atoms with E-state index >= 15 is 0 Å². The summed E-state index contributed by atoms with van der Waals surface area (Å²) in [4.78, 5) is 24.1. The molecule has 6 heteroatoms. The van der Waals surface area contributed by atoms with Crippen LogP contribution in [0, 0.1) is 5.92 Å². The van der Waals surface area contributed by atoms with Crippen LogP contribution < -0.4 is 16.0 Å². The fraction of sp³-hybridized carbons (Fsp3) is 0.333. The van der Waals surface area contributed by atoms with Crippen LogP contribution in [0.2, 0.25) is 5.02 Å². The predicted octanol–water partition coefficient (Wildman–Crippen LogP) is 4.64. The van der Waals surface area contributed by atoms with E-state index < -0.39 is 0 Å². The van der Waals surface area contributed by atoms with Gasteiger partial charge in [0.1, 0.15) is 0 Å². The molecule has 2 aromatic rings. The number of urea groups is 1. The lowest BCUT2D eigenvalue weighted by molar-refractivity contribution is -0.128. The molecular formula is C21H24ClN3O2. The van der Waals surface area contributed by atoms with E-state index in [1.165, 1.54) is 0 Å². The van der Waals surface area contributed by atoms with Gasteiger partial charge in [0, 0.05) is 23.2 Å². The molecule has 5 nitrogen and oxygen atoms in total. The van der Waals surface area contributed by atoms with Gasteiger partial charge in [-0.25, -0.2) is 4.79 Å². The average molecular weight is 386 g/mol. The van der Waals surface area contributed by atoms with Crippen molar-refractivity contribution in [2.24, 2.45) is 5.92 Å². The second kappa shape index (κ2) is 8.91. The third-order valence-electron chi connectivity index (χ3n) is 4.87. The van der Waals surface area contributed by atoms with Crippen molar-refractivity contribution in [1.82, 2.24) is 10.6 Å². The molecule has 0 bridgehead atoms. The van der Waals surface area contributed by atoms with Crippen molar-refractivity contribution in [1.29, 1.82) is 0 Å². The van der Waals surface area contributed by atoms with Crippen LogP contribution in [0.25, 0.3) is 0 Å². The Labute approximate surface area is 164 Å². The predicted molar refractivity (Wildman–Crippen MR) is 108 cm³/mol. The molecule has 2 aromatic carbocycles. The molecule has 142 valence electrons. The highest BCUT2D eigenvalue weighted by Gasteiger charge is 2.26. The zero-order valence-corrected chi connectivity index (χ0v) is 16.1. The van der Waals surface area contributed by atoms with Crippen LogP contribution in [0.5, 0.6) is 0 Å². The van der Waals surface area contributed by atoms with Crippen LogP contribution >= 0.6 is 11.6 Å². The van der Waals surface area contributed by atoms with Gasteiger partial charge in [-0.3, -0.25) is 4.79 Å². The fourth-order valence-electron chi connectivity index (χ4n) is 2.90. The lowest BCUT2D eigenvalue weighted by Gasteiger charge is -2.26. The molecule has 27 heavy (non-hydrogen) atoms. The first-order valence-electron chi connectivity index (χ1n) is 9.21. The molecule has 1 aliphatic carbocycles. The summed E-state index contributed by atoms with van der Waals surface area (Å²) in [6.07, 6.45) is 3.13. The lowest BCUT2D eigenvalue weighted by Crippen LogP contribution is -2.35. The highest BCUT2D eigenvalue weighted by Crippen LogP contribution is 2.27. The van der Waals surface area contributed by atoms with Crippen molar-refractivity contribution in [3.8, 4) is 0 Å². The second-order valence-electron chi connectivity index (χ2n) is 6.91. The van der Waals surface area contributed by atoms with Gasteiger partial charge < -0.3 is 16.0 Å². The number of benzene rings is 2. The van der Waals surface area contributed by atoms with Gasteiger partial charge >= 0.3 is 6.03 Å². The standard InChI is InChI=1S/C21H24ClN3O2/c1-14(24-20(26)17-3-2-4-17)16-7-11-19(12-8-16)25-21(27)23-13-15-5-9-18(22)10-6-15/h5-12,14,17H,2-4,13H2,1H3,(H,24,26)(H2,23,25,27)/t14-/m0/s1. The summed E-state index contributed by atoms with van der Waals surface area (Å²) < 4.78 is 0. The molecule has 0 heterocycles. The maximum absolute atomic E-state index is 12.0. The minimum atomic E-state index is -0.274. The molecule has 3 amide bonds. The number of amides is 3. The van der Waals surface area contributed by atoms with Crippen LogP contribution in [0.1, 0.15) is 43.4 Å². The van der Waals surface area contributed by atoms with Crippen LogP contribution in [0.15, 0.2) is 48.5 Å². The van der Waals surface area contributed by atoms with Gasteiger partial charge in [-0.2, -0.15) is 0 Å². The topological polar surface area (TPSA) is 70.2 Å². The first-order valence-corrected chi connectivity index (χ1v) is 9.58. The molecule has 0 unspecified atom stereocenters. The van der Waals surface area contributed by atoms with Crippen LogP contribution in [0.3, 0.4) is 0 Å². The quantitative estimate of drug-likeness (QED) is 0.677. The van der Waals surface area contributed by atoms with Crippen molar-refractivity contribution >= 4 is 29.2 Å². The van der Waals surface area contributed by atoms with E-state index in [0.717, 1.165) is 30.4 Å². The van der Waals surface area contributed by atoms with Crippen LogP contribution in [0.4, 0.5) is 10.5 Å². The van der Waals surface area contributed by atoms with Crippen molar-refractivity contribution in [2.75, 3.05) is 5.32 Å². The zero-order valence-electron chi connectivity index (χ0n) is 15.3. The number of carbonyl (C=O) groups excluding carboxylic acids is 2. The number of rotatable bonds is 6. The fourth-order valence-corrected chi connectivity index (χ4v) is 3.03. The van der Waals surface area contributed by atoms with Crippen molar-refractivity contribution < 1.29 is 9.59 Å². The third-order valence-corrected chi connectivity index (χ3v) is 5.12. The van der Waals surface area contributed by atoms with Crippen molar-refractivity contribution in [3.05, 3.63) is 64.7 Å². The largest absolute Gasteiger partial charge is 0.349 e. The Morgan fingerprint density at radius 3 is 2.33 bits per heavy atom. The Bertz CT molecular complexity index is 786. The Hall–Kier alpha value is -2.53. The molecule has 1 fully saturated rings. The molecule has 1 aliphatic rings. The SMILES string of the molecule is C[C@H](NC(=O)C1CCC1)c1ccc(NC(=O)NCc2ccc(Cl)cc2)cc1. The Morgan fingerprint density at radius 1 is 1.07 bits per heavy atom. The molecule has 0 aliphatic heterocycles. The maximum Gasteiger partial charge on any atom is 0.319 e. The summed E-state index contributed by atoms with van der Waals surface area (Å²) in [6.45, 7) is 2.39. The molecule has 1 atom stereocenters. The third kappa shape index (κ3) is 5.47. The smallest absolute Gasteiger partial charge is 0.319 e. The van der Waals surface area contributed by atoms with Crippen molar-refractivity contribution in [3.63, 3.8) is 0 Å². The number of halogens is 1. The number of carbonyl (C=O) groups is 2. The minimum absolute atomic E-state index is 0.0501. The maximum atomic E-state index is 12.0. The number of anilines is 1. The van der Waals surface area contributed by atoms with Crippen molar-refractivity contribution in [2.45, 2.75) is 38.8 Å². The Morgan fingerprint density at radius 2 is 1.74 bits per heavy atom. The molecule has 0 saturated heterocycles. The number of hydrogen-bond acceptors (Lipinski definition) is 2. The molecular weight excluding hydrogens is 362 g/mol. The summed E-state index contributed by atoms with van der Waals surface area (Å²) in [7, 11) is 0. The molecule has 3 N–H and O–H groups in total. The van der Waals surface area contributed by atoms with E-state index in [9.17, 15) is 9.59 Å². The Kier molecular flexibility index (Phi) is 6.35. The summed E-state index contributed by atoms with van der Waals surface area (Å²) in [5.41, 5.74) is 2.68.